The quantitative estimate of drug-likeness (QED) is 0.259. The van der Waals surface area contributed by atoms with Crippen molar-refractivity contribution in [3.05, 3.63) is 0 Å². The number of morpholine rings is 1. The lowest BCUT2D eigenvalue weighted by molar-refractivity contribution is -0.149. The predicted molar refractivity (Wildman–Crippen MR) is 126 cm³/mol. The molecule has 0 radical (unpaired) electrons. The van der Waals surface area contributed by atoms with E-state index in [9.17, 15) is 4.79 Å². The van der Waals surface area contributed by atoms with E-state index in [1.54, 1.807) is 0 Å². The Hall–Kier alpha value is -0.610. The monoisotopic (exact) mass is 522 g/mol. The van der Waals surface area contributed by atoms with Gasteiger partial charge < -0.3 is 19.7 Å². The zero-order chi connectivity index (χ0) is 19.8. The molecule has 0 aromatic rings. The van der Waals surface area contributed by atoms with Crippen molar-refractivity contribution < 1.29 is 14.3 Å². The maximum absolute atomic E-state index is 12.0. The zero-order valence-electron chi connectivity index (χ0n) is 18.2. The summed E-state index contributed by atoms with van der Waals surface area (Å²) in [5.74, 6) is 0.964. The van der Waals surface area contributed by atoms with Gasteiger partial charge in [-0.15, -0.1) is 24.0 Å². The van der Waals surface area contributed by atoms with Gasteiger partial charge in [0.05, 0.1) is 25.7 Å². The van der Waals surface area contributed by atoms with E-state index in [2.05, 4.69) is 20.1 Å². The van der Waals surface area contributed by atoms with Crippen molar-refractivity contribution in [3.8, 4) is 0 Å². The van der Waals surface area contributed by atoms with Gasteiger partial charge in [0.15, 0.2) is 5.96 Å². The third kappa shape index (κ3) is 6.43. The summed E-state index contributed by atoms with van der Waals surface area (Å²) >= 11 is 0. The van der Waals surface area contributed by atoms with Crippen LogP contribution >= 0.6 is 24.0 Å². The number of piperidine rings is 1. The van der Waals surface area contributed by atoms with Crippen molar-refractivity contribution in [2.24, 2.45) is 10.9 Å². The number of aliphatic imine (C=N–C) groups is 1. The van der Waals surface area contributed by atoms with Gasteiger partial charge in [-0.05, 0) is 32.6 Å². The fourth-order valence-corrected chi connectivity index (χ4v) is 5.02. The van der Waals surface area contributed by atoms with E-state index in [0.29, 0.717) is 6.61 Å². The van der Waals surface area contributed by atoms with Gasteiger partial charge >= 0.3 is 5.97 Å². The van der Waals surface area contributed by atoms with E-state index < -0.39 is 0 Å². The molecule has 3 aliphatic rings. The Kier molecular flexibility index (Phi) is 10.5. The van der Waals surface area contributed by atoms with Gasteiger partial charge in [-0.3, -0.25) is 14.7 Å². The van der Waals surface area contributed by atoms with Gasteiger partial charge in [0.25, 0.3) is 0 Å². The number of nitrogens with one attached hydrogen (secondary N) is 1. The standard InChI is InChI=1S/C21H38N4O3.HI/c1-3-28-19(26)18-7-11-24(12-8-18)20(22-2)23-17-21(9-5-4-6-10-21)25-13-15-27-16-14-25;/h18H,3-17H2,1-2H3,(H,22,23);1H. The van der Waals surface area contributed by atoms with Crippen LogP contribution in [-0.2, 0) is 14.3 Å². The molecular formula is C21H39IN4O3. The van der Waals surface area contributed by atoms with Crippen molar-refractivity contribution in [1.29, 1.82) is 0 Å². The second-order valence-electron chi connectivity index (χ2n) is 8.30. The number of hydrogen-bond acceptors (Lipinski definition) is 5. The van der Waals surface area contributed by atoms with Crippen molar-refractivity contribution in [2.75, 3.05) is 59.6 Å². The second-order valence-corrected chi connectivity index (χ2v) is 8.30. The minimum absolute atomic E-state index is 0. The van der Waals surface area contributed by atoms with E-state index in [-0.39, 0.29) is 41.4 Å². The highest BCUT2D eigenvalue weighted by atomic mass is 127. The van der Waals surface area contributed by atoms with Crippen LogP contribution in [0.25, 0.3) is 0 Å². The van der Waals surface area contributed by atoms with Crippen LogP contribution in [0, 0.1) is 5.92 Å². The molecule has 3 fully saturated rings. The molecule has 0 aromatic carbocycles. The van der Waals surface area contributed by atoms with Gasteiger partial charge in [-0.1, -0.05) is 19.3 Å². The van der Waals surface area contributed by atoms with Crippen LogP contribution in [0.4, 0.5) is 0 Å². The van der Waals surface area contributed by atoms with Crippen LogP contribution in [0.3, 0.4) is 0 Å². The van der Waals surface area contributed by atoms with Crippen LogP contribution in [0.5, 0.6) is 0 Å². The second kappa shape index (κ2) is 12.3. The lowest BCUT2D eigenvalue weighted by atomic mass is 9.79. The van der Waals surface area contributed by atoms with Gasteiger partial charge in [0.2, 0.25) is 0 Å². The fourth-order valence-electron chi connectivity index (χ4n) is 5.02. The van der Waals surface area contributed by atoms with Crippen molar-refractivity contribution in [1.82, 2.24) is 15.1 Å². The first kappa shape index (κ1) is 24.7. The largest absolute Gasteiger partial charge is 0.466 e. The number of rotatable bonds is 5. The summed E-state index contributed by atoms with van der Waals surface area (Å²) in [7, 11) is 1.86. The summed E-state index contributed by atoms with van der Waals surface area (Å²) in [4.78, 5) is 21.5. The molecule has 1 saturated carbocycles. The first-order valence-electron chi connectivity index (χ1n) is 11.1. The van der Waals surface area contributed by atoms with E-state index >= 15 is 0 Å². The highest BCUT2D eigenvalue weighted by molar-refractivity contribution is 14.0. The summed E-state index contributed by atoms with van der Waals surface area (Å²) in [5, 5.41) is 3.69. The minimum atomic E-state index is -0.0430. The highest BCUT2D eigenvalue weighted by Crippen LogP contribution is 2.34. The van der Waals surface area contributed by atoms with Crippen molar-refractivity contribution >= 4 is 35.9 Å². The molecule has 2 heterocycles. The summed E-state index contributed by atoms with van der Waals surface area (Å²) < 4.78 is 10.8. The molecule has 0 unspecified atom stereocenters. The molecule has 0 amide bonds. The van der Waals surface area contributed by atoms with Gasteiger partial charge in [-0.25, -0.2) is 0 Å². The van der Waals surface area contributed by atoms with Crippen LogP contribution < -0.4 is 5.32 Å². The smallest absolute Gasteiger partial charge is 0.309 e. The molecule has 168 valence electrons. The molecule has 2 aliphatic heterocycles. The lowest BCUT2D eigenvalue weighted by Gasteiger charge is -2.48. The molecule has 0 atom stereocenters. The Balaban J connectivity index is 0.00000300. The van der Waals surface area contributed by atoms with Gasteiger partial charge in [0, 0.05) is 45.3 Å². The van der Waals surface area contributed by atoms with Gasteiger partial charge in [-0.2, -0.15) is 0 Å². The first-order valence-corrected chi connectivity index (χ1v) is 11.1. The average molecular weight is 522 g/mol. The normalized spacial score (nSPS) is 23.9. The third-order valence-corrected chi connectivity index (χ3v) is 6.67. The van der Waals surface area contributed by atoms with Crippen molar-refractivity contribution in [2.45, 2.75) is 57.4 Å². The lowest BCUT2D eigenvalue weighted by Crippen LogP contribution is -2.61. The van der Waals surface area contributed by atoms with Crippen LogP contribution in [0.15, 0.2) is 4.99 Å². The van der Waals surface area contributed by atoms with Crippen molar-refractivity contribution in [3.63, 3.8) is 0 Å². The SMILES string of the molecule is CCOC(=O)C1CCN(C(=NC)NCC2(N3CCOCC3)CCCCC2)CC1.I. The molecule has 0 aromatic heterocycles. The molecule has 8 heteroatoms. The number of nitrogens with zero attached hydrogens (tertiary/aromatic N) is 3. The summed E-state index contributed by atoms with van der Waals surface area (Å²) in [6, 6.07) is 0. The maximum Gasteiger partial charge on any atom is 0.309 e. The maximum atomic E-state index is 12.0. The van der Waals surface area contributed by atoms with E-state index in [4.69, 9.17) is 9.47 Å². The molecule has 29 heavy (non-hydrogen) atoms. The Morgan fingerprint density at radius 2 is 1.79 bits per heavy atom. The van der Waals surface area contributed by atoms with Gasteiger partial charge in [0.1, 0.15) is 0 Å². The van der Waals surface area contributed by atoms with Crippen LogP contribution in [-0.4, -0.2) is 86.9 Å². The molecule has 1 N–H and O–H groups in total. The number of hydrogen-bond donors (Lipinski definition) is 1. The number of carbonyl (C=O) groups is 1. The van der Waals surface area contributed by atoms with Crippen LogP contribution in [0.2, 0.25) is 0 Å². The summed E-state index contributed by atoms with van der Waals surface area (Å²) in [6.07, 6.45) is 8.15. The Morgan fingerprint density at radius 3 is 2.38 bits per heavy atom. The first-order chi connectivity index (χ1) is 13.7. The minimum Gasteiger partial charge on any atom is -0.466 e. The number of ether oxygens (including phenoxy) is 2. The molecule has 2 saturated heterocycles. The van der Waals surface area contributed by atoms with E-state index in [1.807, 2.05) is 14.0 Å². The molecule has 1 aliphatic carbocycles. The number of likely N-dealkylation sites (tertiary alicyclic amines) is 1. The summed E-state index contributed by atoms with van der Waals surface area (Å²) in [6.45, 7) is 8.74. The number of carbonyl (C=O) groups excluding carboxylic acids is 1. The number of esters is 1. The van der Waals surface area contributed by atoms with E-state index in [0.717, 1.165) is 64.7 Å². The molecule has 0 spiro atoms. The molecule has 7 nitrogen and oxygen atoms in total. The zero-order valence-corrected chi connectivity index (χ0v) is 20.5. The Labute approximate surface area is 193 Å². The topological polar surface area (TPSA) is 66.4 Å². The fraction of sp³-hybridized carbons (Fsp3) is 0.905. The Bertz CT molecular complexity index is 526. The third-order valence-electron chi connectivity index (χ3n) is 6.67. The average Bonchev–Trinajstić information content (AvgIpc) is 2.76. The summed E-state index contributed by atoms with van der Waals surface area (Å²) in [5.41, 5.74) is 0.223. The molecule has 0 bridgehead atoms. The highest BCUT2D eigenvalue weighted by Gasteiger charge is 2.39. The predicted octanol–water partition coefficient (Wildman–Crippen LogP) is 2.49. The molecular weight excluding hydrogens is 483 g/mol. The number of halogens is 1. The van der Waals surface area contributed by atoms with E-state index in [1.165, 1.54) is 32.1 Å². The number of guanidine groups is 1. The Morgan fingerprint density at radius 1 is 1.14 bits per heavy atom. The van der Waals surface area contributed by atoms with Crippen LogP contribution in [0.1, 0.15) is 51.9 Å². The molecule has 3 rings (SSSR count).